The Balaban J connectivity index is 2.52. The van der Waals surface area contributed by atoms with Crippen LogP contribution in [0.5, 0.6) is 0 Å². The molecule has 0 aliphatic heterocycles. The number of pyridine rings is 1. The van der Waals surface area contributed by atoms with E-state index in [0.29, 0.717) is 5.82 Å². The Morgan fingerprint density at radius 3 is 2.53 bits per heavy atom. The van der Waals surface area contributed by atoms with Gasteiger partial charge in [-0.1, -0.05) is 32.9 Å². The average molecular weight is 228 g/mol. The quantitative estimate of drug-likeness (QED) is 0.763. The number of anilines is 1. The largest absolute Gasteiger partial charge is 0.384 e. The van der Waals surface area contributed by atoms with Gasteiger partial charge in [-0.25, -0.2) is 4.98 Å². The third kappa shape index (κ3) is 2.28. The minimum atomic E-state index is -0.366. The molecule has 0 bridgehead atoms. The third-order valence-corrected chi connectivity index (χ3v) is 2.69. The Morgan fingerprint density at radius 1 is 1.18 bits per heavy atom. The van der Waals surface area contributed by atoms with E-state index >= 15 is 0 Å². The normalized spacial score (nSPS) is 11.7. The molecule has 1 aromatic carbocycles. The molecule has 0 spiro atoms. The highest BCUT2D eigenvalue weighted by Crippen LogP contribution is 2.24. The van der Waals surface area contributed by atoms with E-state index in [1.54, 1.807) is 12.3 Å². The fourth-order valence-corrected chi connectivity index (χ4v) is 1.73. The van der Waals surface area contributed by atoms with E-state index < -0.39 is 0 Å². The van der Waals surface area contributed by atoms with Crippen molar-refractivity contribution in [3.63, 3.8) is 0 Å². The molecule has 1 aromatic heterocycles. The van der Waals surface area contributed by atoms with Crippen LogP contribution >= 0.6 is 0 Å². The highest BCUT2D eigenvalue weighted by Gasteiger charge is 2.22. The highest BCUT2D eigenvalue weighted by atomic mass is 16.1. The zero-order chi connectivity index (χ0) is 12.6. The topological polar surface area (TPSA) is 56.0 Å². The summed E-state index contributed by atoms with van der Waals surface area (Å²) >= 11 is 0. The van der Waals surface area contributed by atoms with E-state index in [2.05, 4.69) is 4.98 Å². The zero-order valence-corrected chi connectivity index (χ0v) is 10.3. The fraction of sp³-hybridized carbons (Fsp3) is 0.286. The van der Waals surface area contributed by atoms with Crippen LogP contribution in [0.2, 0.25) is 0 Å². The summed E-state index contributed by atoms with van der Waals surface area (Å²) in [5.41, 5.74) is 5.97. The lowest BCUT2D eigenvalue weighted by Gasteiger charge is -2.16. The Labute approximate surface area is 101 Å². The Hall–Kier alpha value is -1.90. The lowest BCUT2D eigenvalue weighted by Crippen LogP contribution is -2.20. The van der Waals surface area contributed by atoms with E-state index in [9.17, 15) is 4.79 Å². The number of hydrogen-bond acceptors (Lipinski definition) is 3. The number of nitrogen functional groups attached to an aromatic ring is 1. The summed E-state index contributed by atoms with van der Waals surface area (Å²) in [4.78, 5) is 16.2. The number of nitrogens with zero attached hydrogens (tertiary/aromatic N) is 1. The summed E-state index contributed by atoms with van der Waals surface area (Å²) in [6.07, 6.45) is 1.70. The van der Waals surface area contributed by atoms with Crippen molar-refractivity contribution in [3.8, 4) is 0 Å². The van der Waals surface area contributed by atoms with Gasteiger partial charge < -0.3 is 5.73 Å². The van der Waals surface area contributed by atoms with Gasteiger partial charge in [0.25, 0.3) is 0 Å². The Kier molecular flexibility index (Phi) is 2.62. The van der Waals surface area contributed by atoms with Crippen LogP contribution in [0.4, 0.5) is 5.82 Å². The van der Waals surface area contributed by atoms with E-state index in [-0.39, 0.29) is 11.2 Å². The molecular formula is C14H16N2O. The second-order valence-electron chi connectivity index (χ2n) is 5.25. The molecule has 0 fully saturated rings. The van der Waals surface area contributed by atoms with Gasteiger partial charge in [-0.05, 0) is 17.5 Å². The molecule has 17 heavy (non-hydrogen) atoms. The van der Waals surface area contributed by atoms with Crippen molar-refractivity contribution < 1.29 is 4.79 Å². The van der Waals surface area contributed by atoms with Gasteiger partial charge in [-0.3, -0.25) is 4.79 Å². The van der Waals surface area contributed by atoms with Crippen LogP contribution in [0.1, 0.15) is 31.1 Å². The summed E-state index contributed by atoms with van der Waals surface area (Å²) in [5.74, 6) is 0.628. The number of aromatic nitrogens is 1. The SMILES string of the molecule is CC(C)(C)C(=O)c1ccc2cc(N)ncc2c1. The van der Waals surface area contributed by atoms with E-state index in [0.717, 1.165) is 16.3 Å². The van der Waals surface area contributed by atoms with Crippen molar-refractivity contribution in [1.29, 1.82) is 0 Å². The van der Waals surface area contributed by atoms with Gasteiger partial charge in [0, 0.05) is 22.6 Å². The molecular weight excluding hydrogens is 212 g/mol. The van der Waals surface area contributed by atoms with E-state index in [1.165, 1.54) is 0 Å². The number of Topliss-reactive ketones (excluding diaryl/α,β-unsaturated/α-hetero) is 1. The molecule has 0 aliphatic carbocycles. The van der Waals surface area contributed by atoms with Crippen molar-refractivity contribution >= 4 is 22.4 Å². The first-order valence-corrected chi connectivity index (χ1v) is 5.58. The number of carbonyl (C=O) groups excluding carboxylic acids is 1. The third-order valence-electron chi connectivity index (χ3n) is 2.69. The van der Waals surface area contributed by atoms with Crippen molar-refractivity contribution in [2.75, 3.05) is 5.73 Å². The lowest BCUT2D eigenvalue weighted by molar-refractivity contribution is 0.0858. The molecule has 0 saturated heterocycles. The molecule has 0 aliphatic rings. The lowest BCUT2D eigenvalue weighted by atomic mass is 9.86. The molecule has 0 radical (unpaired) electrons. The molecule has 3 nitrogen and oxygen atoms in total. The number of carbonyl (C=O) groups is 1. The first kappa shape index (κ1) is 11.6. The molecule has 0 saturated carbocycles. The first-order chi connectivity index (χ1) is 7.88. The average Bonchev–Trinajstić information content (AvgIpc) is 2.26. The fourth-order valence-electron chi connectivity index (χ4n) is 1.73. The van der Waals surface area contributed by atoms with Crippen molar-refractivity contribution in [1.82, 2.24) is 4.98 Å². The molecule has 88 valence electrons. The van der Waals surface area contributed by atoms with E-state index in [4.69, 9.17) is 5.73 Å². The van der Waals surface area contributed by atoms with Crippen molar-refractivity contribution in [2.24, 2.45) is 5.41 Å². The van der Waals surface area contributed by atoms with Gasteiger partial charge in [0.15, 0.2) is 5.78 Å². The molecule has 1 heterocycles. The highest BCUT2D eigenvalue weighted by molar-refractivity contribution is 6.02. The molecule has 2 N–H and O–H groups in total. The predicted octanol–water partition coefficient (Wildman–Crippen LogP) is 3.05. The van der Waals surface area contributed by atoms with Crippen LogP contribution < -0.4 is 5.73 Å². The number of benzene rings is 1. The van der Waals surface area contributed by atoms with Crippen molar-refractivity contribution in [2.45, 2.75) is 20.8 Å². The second kappa shape index (κ2) is 3.84. The molecule has 0 unspecified atom stereocenters. The molecule has 2 rings (SSSR count). The summed E-state index contributed by atoms with van der Waals surface area (Å²) < 4.78 is 0. The van der Waals surface area contributed by atoms with Crippen LogP contribution in [0.25, 0.3) is 10.8 Å². The maximum Gasteiger partial charge on any atom is 0.168 e. The maximum absolute atomic E-state index is 12.1. The number of rotatable bonds is 1. The summed E-state index contributed by atoms with van der Waals surface area (Å²) in [6.45, 7) is 5.75. The van der Waals surface area contributed by atoms with Crippen LogP contribution in [0.15, 0.2) is 30.5 Å². The number of fused-ring (bicyclic) bond motifs is 1. The van der Waals surface area contributed by atoms with Gasteiger partial charge >= 0.3 is 0 Å². The molecule has 0 atom stereocenters. The van der Waals surface area contributed by atoms with Gasteiger partial charge in [0.1, 0.15) is 5.82 Å². The predicted molar refractivity (Wildman–Crippen MR) is 69.9 cm³/mol. The van der Waals surface area contributed by atoms with Gasteiger partial charge in [-0.2, -0.15) is 0 Å². The summed E-state index contributed by atoms with van der Waals surface area (Å²) in [6, 6.07) is 7.43. The van der Waals surface area contributed by atoms with Crippen LogP contribution in [-0.4, -0.2) is 10.8 Å². The molecule has 3 heteroatoms. The molecule has 2 aromatic rings. The van der Waals surface area contributed by atoms with Gasteiger partial charge in [0.05, 0.1) is 0 Å². The minimum Gasteiger partial charge on any atom is -0.384 e. The summed E-state index contributed by atoms with van der Waals surface area (Å²) in [7, 11) is 0. The smallest absolute Gasteiger partial charge is 0.168 e. The zero-order valence-electron chi connectivity index (χ0n) is 10.3. The summed E-state index contributed by atoms with van der Waals surface area (Å²) in [5, 5.41) is 1.94. The van der Waals surface area contributed by atoms with E-state index in [1.807, 2.05) is 39.0 Å². The minimum absolute atomic E-state index is 0.135. The van der Waals surface area contributed by atoms with Gasteiger partial charge in [0.2, 0.25) is 0 Å². The van der Waals surface area contributed by atoms with Crippen LogP contribution in [0, 0.1) is 5.41 Å². The van der Waals surface area contributed by atoms with Crippen LogP contribution in [0.3, 0.4) is 0 Å². The number of ketones is 1. The monoisotopic (exact) mass is 228 g/mol. The van der Waals surface area contributed by atoms with Crippen molar-refractivity contribution in [3.05, 3.63) is 36.0 Å². The molecule has 0 amide bonds. The number of nitrogens with two attached hydrogens (primary N) is 1. The maximum atomic E-state index is 12.1. The standard InChI is InChI=1S/C14H16N2O/c1-14(2,3)13(17)10-5-4-9-7-12(15)16-8-11(9)6-10/h4-8H,1-3H3,(H2,15,16). The second-order valence-corrected chi connectivity index (χ2v) is 5.25. The first-order valence-electron chi connectivity index (χ1n) is 5.58. The number of hydrogen-bond donors (Lipinski definition) is 1. The van der Waals surface area contributed by atoms with Gasteiger partial charge in [-0.15, -0.1) is 0 Å². The Bertz CT molecular complexity index is 582. The van der Waals surface area contributed by atoms with Crippen LogP contribution in [-0.2, 0) is 0 Å². The Morgan fingerprint density at radius 2 is 1.88 bits per heavy atom.